The molecule has 86 valence electrons. The van der Waals surface area contributed by atoms with E-state index < -0.39 is 16.1 Å². The quantitative estimate of drug-likeness (QED) is 0.735. The third-order valence-electron chi connectivity index (χ3n) is 2.72. The lowest BCUT2D eigenvalue weighted by Gasteiger charge is -2.30. The van der Waals surface area contributed by atoms with E-state index in [1.807, 2.05) is 6.92 Å². The van der Waals surface area contributed by atoms with Gasteiger partial charge < -0.3 is 0 Å². The van der Waals surface area contributed by atoms with Crippen LogP contribution in [0.5, 0.6) is 0 Å². The maximum absolute atomic E-state index is 11.9. The van der Waals surface area contributed by atoms with Gasteiger partial charge in [-0.15, -0.1) is 0 Å². The number of sulfonamides is 1. The minimum atomic E-state index is -3.20. The van der Waals surface area contributed by atoms with Gasteiger partial charge in [0.25, 0.3) is 0 Å². The van der Waals surface area contributed by atoms with E-state index in [9.17, 15) is 8.42 Å². The fourth-order valence-corrected chi connectivity index (χ4v) is 3.65. The van der Waals surface area contributed by atoms with Crippen LogP contribution in [0.4, 0.5) is 0 Å². The molecular weight excluding hydrogens is 212 g/mol. The van der Waals surface area contributed by atoms with Gasteiger partial charge in [0.15, 0.2) is 0 Å². The fourth-order valence-electron chi connectivity index (χ4n) is 1.81. The topological polar surface area (TPSA) is 61.2 Å². The highest BCUT2D eigenvalue weighted by Crippen LogP contribution is 2.20. The zero-order valence-electron chi connectivity index (χ0n) is 9.15. The van der Waals surface area contributed by atoms with Crippen molar-refractivity contribution < 1.29 is 8.42 Å². The zero-order chi connectivity index (χ0) is 11.3. The van der Waals surface area contributed by atoms with E-state index in [0.29, 0.717) is 19.4 Å². The molecule has 0 spiro atoms. The largest absolute Gasteiger partial charge is 0.215 e. The molecule has 1 aliphatic rings. The van der Waals surface area contributed by atoms with Crippen molar-refractivity contribution in [1.82, 2.24) is 4.31 Å². The third kappa shape index (κ3) is 3.18. The average molecular weight is 230 g/mol. The van der Waals surface area contributed by atoms with Crippen molar-refractivity contribution in [3.63, 3.8) is 0 Å². The molecule has 1 heterocycles. The first kappa shape index (κ1) is 12.5. The molecule has 0 radical (unpaired) electrons. The number of hydrogen-bond acceptors (Lipinski definition) is 3. The Morgan fingerprint density at radius 3 is 2.80 bits per heavy atom. The molecule has 15 heavy (non-hydrogen) atoms. The van der Waals surface area contributed by atoms with E-state index in [0.717, 1.165) is 19.3 Å². The van der Waals surface area contributed by atoms with Crippen molar-refractivity contribution in [2.24, 2.45) is 0 Å². The second-order valence-corrected chi connectivity index (χ2v) is 5.96. The van der Waals surface area contributed by atoms with Crippen LogP contribution in [0.25, 0.3) is 0 Å². The molecule has 1 rings (SSSR count). The first-order valence-corrected chi connectivity index (χ1v) is 7.12. The van der Waals surface area contributed by atoms with Crippen LogP contribution in [0.3, 0.4) is 0 Å². The highest BCUT2D eigenvalue weighted by atomic mass is 32.2. The summed E-state index contributed by atoms with van der Waals surface area (Å²) in [6, 6.07) is 1.65. The molecule has 0 amide bonds. The number of nitriles is 1. The summed E-state index contributed by atoms with van der Waals surface area (Å²) >= 11 is 0. The van der Waals surface area contributed by atoms with Crippen LogP contribution < -0.4 is 0 Å². The lowest BCUT2D eigenvalue weighted by atomic mass is 10.1. The Hall–Kier alpha value is -0.600. The van der Waals surface area contributed by atoms with Gasteiger partial charge in [-0.1, -0.05) is 13.3 Å². The molecule has 0 aromatic carbocycles. The van der Waals surface area contributed by atoms with E-state index in [1.165, 1.54) is 4.31 Å². The summed E-state index contributed by atoms with van der Waals surface area (Å²) in [6.07, 6.45) is 4.06. The van der Waals surface area contributed by atoms with Gasteiger partial charge in [-0.3, -0.25) is 0 Å². The first-order chi connectivity index (χ1) is 7.11. The Bertz CT molecular complexity index is 332. The Kier molecular flexibility index (Phi) is 4.55. The Morgan fingerprint density at radius 1 is 1.47 bits per heavy atom. The van der Waals surface area contributed by atoms with Crippen LogP contribution in [0, 0.1) is 11.3 Å². The smallest absolute Gasteiger partial charge is 0.212 e. The predicted octanol–water partition coefficient (Wildman–Crippen LogP) is 1.49. The molecule has 1 fully saturated rings. The van der Waals surface area contributed by atoms with Crippen LogP contribution in [-0.4, -0.2) is 31.1 Å². The van der Waals surface area contributed by atoms with Crippen molar-refractivity contribution in [2.75, 3.05) is 12.3 Å². The van der Waals surface area contributed by atoms with Crippen molar-refractivity contribution in [2.45, 2.75) is 45.1 Å². The molecule has 0 N–H and O–H groups in total. The second kappa shape index (κ2) is 5.47. The molecule has 0 bridgehead atoms. The van der Waals surface area contributed by atoms with Crippen LogP contribution in [0.1, 0.15) is 39.0 Å². The highest BCUT2D eigenvalue weighted by molar-refractivity contribution is 7.89. The number of unbranched alkanes of at least 4 members (excludes halogenated alkanes) is 1. The van der Waals surface area contributed by atoms with Gasteiger partial charge in [0, 0.05) is 6.54 Å². The van der Waals surface area contributed by atoms with Crippen LogP contribution >= 0.6 is 0 Å². The summed E-state index contributed by atoms with van der Waals surface area (Å²) < 4.78 is 25.2. The predicted molar refractivity (Wildman–Crippen MR) is 58.7 cm³/mol. The molecule has 0 saturated carbocycles. The standard InChI is InChI=1S/C10H18N2O2S/c1-2-3-8-15(13,14)12-7-5-4-6-10(12)9-11/h10H,2-8H2,1H3. The maximum Gasteiger partial charge on any atom is 0.215 e. The zero-order valence-corrected chi connectivity index (χ0v) is 9.96. The third-order valence-corrected chi connectivity index (χ3v) is 4.67. The number of piperidine rings is 1. The molecule has 0 aromatic rings. The van der Waals surface area contributed by atoms with Crippen LogP contribution in [0.2, 0.25) is 0 Å². The van der Waals surface area contributed by atoms with Crippen molar-refractivity contribution in [3.8, 4) is 6.07 Å². The van der Waals surface area contributed by atoms with Gasteiger partial charge in [0.2, 0.25) is 10.0 Å². The number of nitrogens with zero attached hydrogens (tertiary/aromatic N) is 2. The molecule has 0 aliphatic carbocycles. The van der Waals surface area contributed by atoms with Crippen molar-refractivity contribution >= 4 is 10.0 Å². The normalized spacial score (nSPS) is 23.6. The van der Waals surface area contributed by atoms with Gasteiger partial charge in [-0.25, -0.2) is 8.42 Å². The van der Waals surface area contributed by atoms with Crippen LogP contribution in [-0.2, 0) is 10.0 Å². The molecule has 1 unspecified atom stereocenters. The highest BCUT2D eigenvalue weighted by Gasteiger charge is 2.31. The first-order valence-electron chi connectivity index (χ1n) is 5.51. The Labute approximate surface area is 91.9 Å². The lowest BCUT2D eigenvalue weighted by Crippen LogP contribution is -2.43. The maximum atomic E-state index is 11.9. The minimum Gasteiger partial charge on any atom is -0.212 e. The molecule has 0 aromatic heterocycles. The Balaban J connectivity index is 2.71. The SMILES string of the molecule is CCCCS(=O)(=O)N1CCCCC1C#N. The van der Waals surface area contributed by atoms with E-state index >= 15 is 0 Å². The van der Waals surface area contributed by atoms with Gasteiger partial charge in [-0.05, 0) is 25.7 Å². The molecule has 1 aliphatic heterocycles. The molecule has 5 heteroatoms. The summed E-state index contributed by atoms with van der Waals surface area (Å²) in [7, 11) is -3.20. The van der Waals surface area contributed by atoms with Gasteiger partial charge in [0.1, 0.15) is 6.04 Å². The van der Waals surface area contributed by atoms with E-state index in [2.05, 4.69) is 6.07 Å². The molecule has 4 nitrogen and oxygen atoms in total. The number of rotatable bonds is 4. The molecule has 1 saturated heterocycles. The summed E-state index contributed by atoms with van der Waals surface area (Å²) in [4.78, 5) is 0. The van der Waals surface area contributed by atoms with E-state index in [1.54, 1.807) is 0 Å². The monoisotopic (exact) mass is 230 g/mol. The summed E-state index contributed by atoms with van der Waals surface area (Å²) in [6.45, 7) is 2.48. The minimum absolute atomic E-state index is 0.182. The molecular formula is C10H18N2O2S. The lowest BCUT2D eigenvalue weighted by molar-refractivity contribution is 0.297. The van der Waals surface area contributed by atoms with Gasteiger partial charge in [0.05, 0.1) is 11.8 Å². The Morgan fingerprint density at radius 2 is 2.20 bits per heavy atom. The summed E-state index contributed by atoms with van der Waals surface area (Å²) in [5.74, 6) is 0.182. The van der Waals surface area contributed by atoms with Crippen LogP contribution in [0.15, 0.2) is 0 Å². The van der Waals surface area contributed by atoms with E-state index in [4.69, 9.17) is 5.26 Å². The summed E-state index contributed by atoms with van der Waals surface area (Å²) in [5, 5.41) is 8.89. The summed E-state index contributed by atoms with van der Waals surface area (Å²) in [5.41, 5.74) is 0. The average Bonchev–Trinajstić information content (AvgIpc) is 2.26. The van der Waals surface area contributed by atoms with Gasteiger partial charge >= 0.3 is 0 Å². The van der Waals surface area contributed by atoms with Gasteiger partial charge in [-0.2, -0.15) is 9.57 Å². The van der Waals surface area contributed by atoms with E-state index in [-0.39, 0.29) is 5.75 Å². The number of hydrogen-bond donors (Lipinski definition) is 0. The fraction of sp³-hybridized carbons (Fsp3) is 0.900. The second-order valence-electron chi connectivity index (χ2n) is 3.92. The van der Waals surface area contributed by atoms with Crippen molar-refractivity contribution in [1.29, 1.82) is 5.26 Å². The molecule has 1 atom stereocenters. The van der Waals surface area contributed by atoms with Crippen molar-refractivity contribution in [3.05, 3.63) is 0 Å².